The molecule has 1 N–H and O–H groups in total. The Morgan fingerprint density at radius 2 is 2.12 bits per heavy atom. The number of benzene rings is 1. The van der Waals surface area contributed by atoms with E-state index in [1.54, 1.807) is 0 Å². The number of hydrogen-bond acceptors (Lipinski definition) is 1. The predicted molar refractivity (Wildman–Crippen MR) is 64.0 cm³/mol. The van der Waals surface area contributed by atoms with Crippen molar-refractivity contribution in [2.45, 2.75) is 12.8 Å². The van der Waals surface area contributed by atoms with Crippen LogP contribution in [0.3, 0.4) is 0 Å². The molecule has 1 heterocycles. The van der Waals surface area contributed by atoms with Crippen LogP contribution in [0.1, 0.15) is 18.4 Å². The average Bonchev–Trinajstić information content (AvgIpc) is 2.72. The molecule has 0 saturated carbocycles. The second-order valence-electron chi connectivity index (χ2n) is 3.71. The number of carbonyl (C=O) groups is 1. The van der Waals surface area contributed by atoms with Crippen LogP contribution in [0, 0.1) is 0 Å². The van der Waals surface area contributed by atoms with Crippen molar-refractivity contribution in [3.8, 4) is 0 Å². The van der Waals surface area contributed by atoms with E-state index in [1.165, 1.54) is 5.56 Å². The lowest BCUT2D eigenvalue weighted by molar-refractivity contribution is -0.554. The van der Waals surface area contributed by atoms with Crippen molar-refractivity contribution in [3.05, 3.63) is 42.0 Å². The van der Waals surface area contributed by atoms with Crippen LogP contribution < -0.4 is 5.43 Å². The highest BCUT2D eigenvalue weighted by Gasteiger charge is 2.19. The first-order valence-electron chi connectivity index (χ1n) is 5.45. The Bertz CT molecular complexity index is 421. The van der Waals surface area contributed by atoms with Crippen LogP contribution >= 0.6 is 0 Å². The zero-order valence-corrected chi connectivity index (χ0v) is 9.10. The topological polar surface area (TPSA) is 32.1 Å². The molecule has 1 aliphatic heterocycles. The number of nitrogens with zero attached hydrogens (tertiary/aromatic N) is 1. The fourth-order valence-corrected chi connectivity index (χ4v) is 1.59. The van der Waals surface area contributed by atoms with Crippen molar-refractivity contribution in [1.29, 1.82) is 0 Å². The van der Waals surface area contributed by atoms with Crippen LogP contribution in [0.15, 0.2) is 36.4 Å². The van der Waals surface area contributed by atoms with Crippen LogP contribution in [0.2, 0.25) is 0 Å². The minimum absolute atomic E-state index is 0.100. The summed E-state index contributed by atoms with van der Waals surface area (Å²) in [6.07, 6.45) is 7.58. The maximum absolute atomic E-state index is 10.9. The smallest absolute Gasteiger partial charge is 0.269 e. The van der Waals surface area contributed by atoms with Gasteiger partial charge in [0.1, 0.15) is 0 Å². The van der Waals surface area contributed by atoms with E-state index in [0.717, 1.165) is 13.0 Å². The van der Waals surface area contributed by atoms with Crippen molar-refractivity contribution in [1.82, 2.24) is 5.43 Å². The normalized spacial score (nSPS) is 18.2. The van der Waals surface area contributed by atoms with Gasteiger partial charge in [0.2, 0.25) is 0 Å². The minimum Gasteiger partial charge on any atom is -0.269 e. The molecular formula is C13H15N2O+. The van der Waals surface area contributed by atoms with E-state index in [-0.39, 0.29) is 5.91 Å². The molecule has 0 aliphatic carbocycles. The SMILES string of the molecule is O=C1CC/[N+](=C\C/C=C/c2ccccc2)N1. The first kappa shape index (κ1) is 10.6. The fraction of sp³-hybridized carbons (Fsp3) is 0.231. The summed E-state index contributed by atoms with van der Waals surface area (Å²) in [6.45, 7) is 0.776. The van der Waals surface area contributed by atoms with Gasteiger partial charge < -0.3 is 0 Å². The second-order valence-corrected chi connectivity index (χ2v) is 3.71. The summed E-state index contributed by atoms with van der Waals surface area (Å²) in [4.78, 5) is 10.9. The van der Waals surface area contributed by atoms with Crippen molar-refractivity contribution in [2.24, 2.45) is 0 Å². The van der Waals surface area contributed by atoms with E-state index in [4.69, 9.17) is 0 Å². The molecule has 0 bridgehead atoms. The minimum atomic E-state index is 0.100. The third-order valence-corrected chi connectivity index (χ3v) is 2.42. The lowest BCUT2D eigenvalue weighted by Gasteiger charge is -1.90. The molecule has 1 amide bonds. The van der Waals surface area contributed by atoms with Crippen LogP contribution in [0.25, 0.3) is 6.08 Å². The number of nitrogens with one attached hydrogen (secondary N) is 1. The third-order valence-electron chi connectivity index (χ3n) is 2.42. The Hall–Kier alpha value is -1.90. The Balaban J connectivity index is 1.84. The van der Waals surface area contributed by atoms with Gasteiger partial charge in [-0.3, -0.25) is 4.79 Å². The number of amides is 1. The molecule has 3 nitrogen and oxygen atoms in total. The van der Waals surface area contributed by atoms with Gasteiger partial charge in [-0.1, -0.05) is 42.5 Å². The largest absolute Gasteiger partial charge is 0.280 e. The highest BCUT2D eigenvalue weighted by atomic mass is 16.2. The number of rotatable bonds is 3. The summed E-state index contributed by atoms with van der Waals surface area (Å²) in [6, 6.07) is 10.2. The quantitative estimate of drug-likeness (QED) is 0.763. The monoisotopic (exact) mass is 215 g/mol. The Morgan fingerprint density at radius 3 is 2.81 bits per heavy atom. The van der Waals surface area contributed by atoms with E-state index in [9.17, 15) is 4.79 Å². The lowest BCUT2D eigenvalue weighted by Crippen LogP contribution is -2.24. The van der Waals surface area contributed by atoms with E-state index in [2.05, 4.69) is 29.7 Å². The van der Waals surface area contributed by atoms with Crippen LogP contribution in [0.5, 0.6) is 0 Å². The summed E-state index contributed by atoms with van der Waals surface area (Å²) in [7, 11) is 0. The highest BCUT2D eigenvalue weighted by Crippen LogP contribution is 2.01. The second kappa shape index (κ2) is 5.26. The summed E-state index contributed by atoms with van der Waals surface area (Å²) in [5.74, 6) is 0.100. The molecule has 0 atom stereocenters. The summed E-state index contributed by atoms with van der Waals surface area (Å²) in [5.41, 5.74) is 3.95. The number of allylic oxidation sites excluding steroid dienone is 1. The van der Waals surface area contributed by atoms with Gasteiger partial charge in [-0.15, -0.1) is 10.1 Å². The zero-order valence-electron chi connectivity index (χ0n) is 9.10. The van der Waals surface area contributed by atoms with Crippen molar-refractivity contribution in [2.75, 3.05) is 6.54 Å². The third kappa shape index (κ3) is 3.05. The van der Waals surface area contributed by atoms with Gasteiger partial charge in [-0.25, -0.2) is 0 Å². The fourth-order valence-electron chi connectivity index (χ4n) is 1.59. The molecule has 0 aromatic heterocycles. The van der Waals surface area contributed by atoms with Gasteiger partial charge in [-0.2, -0.15) is 0 Å². The molecular weight excluding hydrogens is 200 g/mol. The molecule has 1 aliphatic rings. The van der Waals surface area contributed by atoms with Gasteiger partial charge in [0.15, 0.2) is 12.8 Å². The number of carbonyl (C=O) groups excluding carboxylic acids is 1. The van der Waals surface area contributed by atoms with Gasteiger partial charge in [0.05, 0.1) is 6.42 Å². The van der Waals surface area contributed by atoms with Crippen molar-refractivity contribution >= 4 is 18.2 Å². The first-order chi connectivity index (χ1) is 7.84. The van der Waals surface area contributed by atoms with Gasteiger partial charge in [0.25, 0.3) is 5.91 Å². The van der Waals surface area contributed by atoms with Crippen molar-refractivity contribution in [3.63, 3.8) is 0 Å². The predicted octanol–water partition coefficient (Wildman–Crippen LogP) is 1.61. The van der Waals surface area contributed by atoms with E-state index in [1.807, 2.05) is 29.1 Å². The van der Waals surface area contributed by atoms with Gasteiger partial charge in [-0.05, 0) is 5.56 Å². The van der Waals surface area contributed by atoms with Crippen LogP contribution in [-0.2, 0) is 4.79 Å². The molecule has 3 heteroatoms. The molecule has 1 aromatic rings. The average molecular weight is 215 g/mol. The molecule has 0 spiro atoms. The summed E-state index contributed by atoms with van der Waals surface area (Å²) < 4.78 is 1.84. The maximum atomic E-state index is 10.9. The molecule has 1 aromatic carbocycles. The molecule has 16 heavy (non-hydrogen) atoms. The summed E-state index contributed by atoms with van der Waals surface area (Å²) in [5, 5.41) is 0. The Morgan fingerprint density at radius 1 is 1.31 bits per heavy atom. The lowest BCUT2D eigenvalue weighted by atomic mass is 10.2. The molecule has 0 radical (unpaired) electrons. The Labute approximate surface area is 95.1 Å². The number of hydrazone groups is 1. The maximum Gasteiger partial charge on any atom is 0.280 e. The van der Waals surface area contributed by atoms with E-state index in [0.29, 0.717) is 6.42 Å². The molecule has 0 unspecified atom stereocenters. The first-order valence-corrected chi connectivity index (χ1v) is 5.45. The molecule has 2 rings (SSSR count). The molecule has 1 saturated heterocycles. The van der Waals surface area contributed by atoms with Gasteiger partial charge in [0, 0.05) is 6.42 Å². The summed E-state index contributed by atoms with van der Waals surface area (Å²) >= 11 is 0. The standard InChI is InChI=1S/C13H14N2O/c16-13-9-11-15(14-13)10-5-4-8-12-6-2-1-3-7-12/h1-4,6-8,10H,5,9,11H2/p+1/b8-4+,15-10+. The van der Waals surface area contributed by atoms with Crippen molar-refractivity contribution < 1.29 is 9.48 Å². The number of hydrazine groups is 1. The van der Waals surface area contributed by atoms with Crippen LogP contribution in [0.4, 0.5) is 0 Å². The Kier molecular flexibility index (Phi) is 3.49. The molecule has 82 valence electrons. The van der Waals surface area contributed by atoms with E-state index >= 15 is 0 Å². The van der Waals surface area contributed by atoms with Crippen LogP contribution in [-0.4, -0.2) is 23.4 Å². The molecule has 1 fully saturated rings. The van der Waals surface area contributed by atoms with E-state index < -0.39 is 0 Å². The number of hydrogen-bond donors (Lipinski definition) is 1. The van der Waals surface area contributed by atoms with Gasteiger partial charge >= 0.3 is 0 Å². The zero-order chi connectivity index (χ0) is 11.2. The highest BCUT2D eigenvalue weighted by molar-refractivity contribution is 5.76.